The maximum absolute atomic E-state index is 9.74. The highest BCUT2D eigenvalue weighted by molar-refractivity contribution is 5.27. The molecule has 3 heteroatoms. The van der Waals surface area contributed by atoms with Gasteiger partial charge in [0.15, 0.2) is 0 Å². The Kier molecular flexibility index (Phi) is 6.16. The van der Waals surface area contributed by atoms with E-state index in [-0.39, 0.29) is 0 Å². The van der Waals surface area contributed by atoms with Crippen LogP contribution in [0.1, 0.15) is 38.7 Å². The van der Waals surface area contributed by atoms with Gasteiger partial charge in [-0.1, -0.05) is 25.5 Å². The topological polar surface area (TPSA) is 55.5 Å². The molecule has 0 bridgehead atoms. The molecule has 0 fully saturated rings. The van der Waals surface area contributed by atoms with E-state index in [0.29, 0.717) is 19.6 Å². The number of benzene rings is 1. The summed E-state index contributed by atoms with van der Waals surface area (Å²) in [5.41, 5.74) is 6.03. The SMILES string of the molecule is CCCc1ccc(OCCCC(C)(O)CN)cc1. The third kappa shape index (κ3) is 5.52. The van der Waals surface area contributed by atoms with Crippen LogP contribution in [0, 0.1) is 0 Å². The minimum Gasteiger partial charge on any atom is -0.494 e. The maximum Gasteiger partial charge on any atom is 0.119 e. The minimum absolute atomic E-state index is 0.290. The Hall–Kier alpha value is -1.06. The van der Waals surface area contributed by atoms with Gasteiger partial charge < -0.3 is 15.6 Å². The van der Waals surface area contributed by atoms with Crippen molar-refractivity contribution in [2.45, 2.75) is 45.1 Å². The lowest BCUT2D eigenvalue weighted by Gasteiger charge is -2.20. The highest BCUT2D eigenvalue weighted by atomic mass is 16.5. The Morgan fingerprint density at radius 1 is 1.28 bits per heavy atom. The number of hydrogen-bond donors (Lipinski definition) is 2. The standard InChI is InChI=1S/C15H25NO2/c1-3-5-13-6-8-14(9-7-13)18-11-4-10-15(2,17)12-16/h6-9,17H,3-5,10-12,16H2,1-2H3. The van der Waals surface area contributed by atoms with Crippen molar-refractivity contribution in [3.63, 3.8) is 0 Å². The van der Waals surface area contributed by atoms with Crippen molar-refractivity contribution in [3.05, 3.63) is 29.8 Å². The predicted octanol–water partition coefficient (Wildman–Crippen LogP) is 2.51. The Balaban J connectivity index is 2.27. The van der Waals surface area contributed by atoms with Crippen LogP contribution in [0.4, 0.5) is 0 Å². The van der Waals surface area contributed by atoms with E-state index in [9.17, 15) is 5.11 Å². The number of hydrogen-bond acceptors (Lipinski definition) is 3. The van der Waals surface area contributed by atoms with Gasteiger partial charge in [-0.3, -0.25) is 0 Å². The number of ether oxygens (including phenoxy) is 1. The molecule has 3 N–H and O–H groups in total. The largest absolute Gasteiger partial charge is 0.494 e. The van der Waals surface area contributed by atoms with Gasteiger partial charge in [0.25, 0.3) is 0 Å². The molecule has 0 radical (unpaired) electrons. The van der Waals surface area contributed by atoms with Crippen LogP contribution >= 0.6 is 0 Å². The van der Waals surface area contributed by atoms with E-state index < -0.39 is 5.60 Å². The van der Waals surface area contributed by atoms with E-state index in [4.69, 9.17) is 10.5 Å². The molecule has 18 heavy (non-hydrogen) atoms. The molecule has 102 valence electrons. The summed E-state index contributed by atoms with van der Waals surface area (Å²) in [6.07, 6.45) is 3.74. The van der Waals surface area contributed by atoms with Crippen molar-refractivity contribution >= 4 is 0 Å². The average Bonchev–Trinajstić information content (AvgIpc) is 2.37. The fourth-order valence-electron chi connectivity index (χ4n) is 1.79. The molecule has 0 heterocycles. The number of rotatable bonds is 8. The highest BCUT2D eigenvalue weighted by Gasteiger charge is 2.16. The molecule has 0 aliphatic rings. The van der Waals surface area contributed by atoms with E-state index in [2.05, 4.69) is 19.1 Å². The van der Waals surface area contributed by atoms with E-state index in [1.54, 1.807) is 6.92 Å². The first kappa shape index (κ1) is 15.0. The van der Waals surface area contributed by atoms with Gasteiger partial charge in [0.05, 0.1) is 12.2 Å². The second kappa shape index (κ2) is 7.39. The van der Waals surface area contributed by atoms with Crippen LogP contribution in [0.5, 0.6) is 5.75 Å². The van der Waals surface area contributed by atoms with Crippen molar-refractivity contribution in [2.75, 3.05) is 13.2 Å². The maximum atomic E-state index is 9.74. The first-order valence-electron chi connectivity index (χ1n) is 6.71. The van der Waals surface area contributed by atoms with Gasteiger partial charge in [0.2, 0.25) is 0 Å². The fraction of sp³-hybridized carbons (Fsp3) is 0.600. The summed E-state index contributed by atoms with van der Waals surface area (Å²) < 4.78 is 5.63. The van der Waals surface area contributed by atoms with Crippen LogP contribution in [0.25, 0.3) is 0 Å². The van der Waals surface area contributed by atoms with Crippen LogP contribution in [0.15, 0.2) is 24.3 Å². The van der Waals surface area contributed by atoms with Crippen molar-refractivity contribution in [3.8, 4) is 5.75 Å². The van der Waals surface area contributed by atoms with Crippen molar-refractivity contribution in [1.29, 1.82) is 0 Å². The normalized spacial score (nSPS) is 14.2. The summed E-state index contributed by atoms with van der Waals surface area (Å²) in [5, 5.41) is 9.74. The van der Waals surface area contributed by atoms with Crippen LogP contribution in [-0.2, 0) is 6.42 Å². The van der Waals surface area contributed by atoms with Crippen molar-refractivity contribution in [1.82, 2.24) is 0 Å². The molecule has 0 spiro atoms. The molecule has 0 amide bonds. The molecule has 0 saturated heterocycles. The lowest BCUT2D eigenvalue weighted by molar-refractivity contribution is 0.0536. The molecule has 1 rings (SSSR count). The lowest BCUT2D eigenvalue weighted by atomic mass is 10.0. The molecule has 1 aromatic carbocycles. The highest BCUT2D eigenvalue weighted by Crippen LogP contribution is 2.15. The second-order valence-electron chi connectivity index (χ2n) is 5.05. The quantitative estimate of drug-likeness (QED) is 0.698. The molecule has 0 saturated carbocycles. The van der Waals surface area contributed by atoms with Crippen molar-refractivity contribution in [2.24, 2.45) is 5.73 Å². The van der Waals surface area contributed by atoms with Crippen molar-refractivity contribution < 1.29 is 9.84 Å². The van der Waals surface area contributed by atoms with Gasteiger partial charge >= 0.3 is 0 Å². The molecule has 1 atom stereocenters. The zero-order valence-corrected chi connectivity index (χ0v) is 11.5. The first-order valence-corrected chi connectivity index (χ1v) is 6.71. The predicted molar refractivity (Wildman–Crippen MR) is 74.8 cm³/mol. The zero-order valence-electron chi connectivity index (χ0n) is 11.5. The summed E-state index contributed by atoms with van der Waals surface area (Å²) in [6, 6.07) is 8.22. The van der Waals surface area contributed by atoms with Gasteiger partial charge in [-0.15, -0.1) is 0 Å². The molecule has 0 aromatic heterocycles. The van der Waals surface area contributed by atoms with Gasteiger partial charge in [0, 0.05) is 6.54 Å². The Labute approximate surface area is 110 Å². The monoisotopic (exact) mass is 251 g/mol. The third-order valence-electron chi connectivity index (χ3n) is 3.03. The number of aryl methyl sites for hydroxylation is 1. The fourth-order valence-corrected chi connectivity index (χ4v) is 1.79. The van der Waals surface area contributed by atoms with Gasteiger partial charge in [-0.2, -0.15) is 0 Å². The molecular weight excluding hydrogens is 226 g/mol. The number of nitrogens with two attached hydrogens (primary N) is 1. The average molecular weight is 251 g/mol. The van der Waals surface area contributed by atoms with Crippen LogP contribution in [-0.4, -0.2) is 23.9 Å². The van der Waals surface area contributed by atoms with E-state index in [0.717, 1.165) is 25.0 Å². The van der Waals surface area contributed by atoms with Gasteiger partial charge in [-0.25, -0.2) is 0 Å². The molecule has 0 aliphatic carbocycles. The first-order chi connectivity index (χ1) is 8.57. The summed E-state index contributed by atoms with van der Waals surface area (Å²) in [7, 11) is 0. The van der Waals surface area contributed by atoms with Crippen LogP contribution in [0.2, 0.25) is 0 Å². The molecule has 1 unspecified atom stereocenters. The van der Waals surface area contributed by atoms with E-state index in [1.807, 2.05) is 12.1 Å². The molecule has 3 nitrogen and oxygen atoms in total. The molecule has 1 aromatic rings. The van der Waals surface area contributed by atoms with Crippen LogP contribution < -0.4 is 10.5 Å². The van der Waals surface area contributed by atoms with Gasteiger partial charge in [-0.05, 0) is 43.9 Å². The summed E-state index contributed by atoms with van der Waals surface area (Å²) in [4.78, 5) is 0. The van der Waals surface area contributed by atoms with Gasteiger partial charge in [0.1, 0.15) is 5.75 Å². The molecular formula is C15H25NO2. The van der Waals surface area contributed by atoms with E-state index >= 15 is 0 Å². The summed E-state index contributed by atoms with van der Waals surface area (Å²) in [5.74, 6) is 0.891. The third-order valence-corrected chi connectivity index (χ3v) is 3.03. The Morgan fingerprint density at radius 3 is 2.50 bits per heavy atom. The Morgan fingerprint density at radius 2 is 1.94 bits per heavy atom. The van der Waals surface area contributed by atoms with Crippen LogP contribution in [0.3, 0.4) is 0 Å². The summed E-state index contributed by atoms with van der Waals surface area (Å²) >= 11 is 0. The number of aliphatic hydroxyl groups is 1. The molecule has 0 aliphatic heterocycles. The van der Waals surface area contributed by atoms with E-state index in [1.165, 1.54) is 5.56 Å². The lowest BCUT2D eigenvalue weighted by Crippen LogP contribution is -2.34. The zero-order chi connectivity index (χ0) is 13.4. The Bertz CT molecular complexity index is 333. The summed E-state index contributed by atoms with van der Waals surface area (Å²) in [6.45, 7) is 4.84. The second-order valence-corrected chi connectivity index (χ2v) is 5.05. The smallest absolute Gasteiger partial charge is 0.119 e. The minimum atomic E-state index is -0.770.